The van der Waals surface area contributed by atoms with Gasteiger partial charge in [0.25, 0.3) is 0 Å². The Morgan fingerprint density at radius 2 is 1.95 bits per heavy atom. The molecule has 2 aromatic rings. The zero-order valence-electron chi connectivity index (χ0n) is 10.4. The van der Waals surface area contributed by atoms with Gasteiger partial charge in [-0.3, -0.25) is 4.79 Å². The van der Waals surface area contributed by atoms with Gasteiger partial charge in [0.05, 0.1) is 6.61 Å². The molecule has 2 aromatic carbocycles. The molecule has 0 saturated heterocycles. The number of carbonyl (C=O) groups excluding carboxylic acids is 1. The van der Waals surface area contributed by atoms with Crippen LogP contribution < -0.4 is 4.74 Å². The van der Waals surface area contributed by atoms with Gasteiger partial charge in [0.2, 0.25) is 0 Å². The monoisotopic (exact) mass is 272 g/mol. The van der Waals surface area contributed by atoms with Crippen LogP contribution in [0.4, 0.5) is 0 Å². The zero-order valence-corrected chi connectivity index (χ0v) is 11.1. The predicted molar refractivity (Wildman–Crippen MR) is 75.1 cm³/mol. The van der Waals surface area contributed by atoms with Crippen LogP contribution >= 0.6 is 11.6 Å². The van der Waals surface area contributed by atoms with Crippen LogP contribution in [-0.2, 0) is 6.42 Å². The second-order valence-corrected chi connectivity index (χ2v) is 5.05. The maximum absolute atomic E-state index is 12.4. The second-order valence-electron chi connectivity index (χ2n) is 4.61. The molecular formula is C16H13ClO2. The van der Waals surface area contributed by atoms with Crippen LogP contribution in [0.15, 0.2) is 42.5 Å². The van der Waals surface area contributed by atoms with Crippen molar-refractivity contribution in [1.82, 2.24) is 0 Å². The molecule has 3 rings (SSSR count). The van der Waals surface area contributed by atoms with E-state index in [2.05, 4.69) is 0 Å². The second kappa shape index (κ2) is 5.06. The lowest BCUT2D eigenvalue weighted by Gasteiger charge is -2.17. The van der Waals surface area contributed by atoms with Gasteiger partial charge in [0.15, 0.2) is 5.78 Å². The summed E-state index contributed by atoms with van der Waals surface area (Å²) in [6.07, 6.45) is 1.97. The summed E-state index contributed by atoms with van der Waals surface area (Å²) in [6.45, 7) is 0.759. The first-order valence-corrected chi connectivity index (χ1v) is 6.68. The van der Waals surface area contributed by atoms with Crippen LogP contribution in [0.5, 0.6) is 5.75 Å². The normalized spacial score (nSPS) is 13.5. The number of ether oxygens (including phenoxy) is 1. The Kier molecular flexibility index (Phi) is 3.26. The first-order chi connectivity index (χ1) is 9.24. The van der Waals surface area contributed by atoms with E-state index in [0.717, 1.165) is 30.8 Å². The molecule has 1 aliphatic heterocycles. The molecule has 0 aromatic heterocycles. The van der Waals surface area contributed by atoms with Gasteiger partial charge in [-0.2, -0.15) is 0 Å². The number of hydrogen-bond donors (Lipinski definition) is 0. The van der Waals surface area contributed by atoms with E-state index in [1.807, 2.05) is 18.2 Å². The number of halogens is 1. The Hall–Kier alpha value is -1.80. The zero-order chi connectivity index (χ0) is 13.2. The third kappa shape index (κ3) is 2.49. The fraction of sp³-hybridized carbons (Fsp3) is 0.188. The number of aryl methyl sites for hydroxylation is 1. The van der Waals surface area contributed by atoms with Crippen molar-refractivity contribution < 1.29 is 9.53 Å². The molecule has 3 heteroatoms. The van der Waals surface area contributed by atoms with Crippen LogP contribution in [0.3, 0.4) is 0 Å². The summed E-state index contributed by atoms with van der Waals surface area (Å²) in [5.41, 5.74) is 2.41. The van der Waals surface area contributed by atoms with Crippen molar-refractivity contribution in [3.05, 3.63) is 64.2 Å². The highest BCUT2D eigenvalue weighted by Crippen LogP contribution is 2.26. The Labute approximate surface area is 117 Å². The van der Waals surface area contributed by atoms with Gasteiger partial charge in [-0.05, 0) is 48.7 Å². The van der Waals surface area contributed by atoms with Crippen molar-refractivity contribution in [2.45, 2.75) is 12.8 Å². The molecule has 0 radical (unpaired) electrons. The maximum atomic E-state index is 12.4. The van der Waals surface area contributed by atoms with Gasteiger partial charge in [0.1, 0.15) is 5.75 Å². The Morgan fingerprint density at radius 3 is 2.79 bits per heavy atom. The molecule has 0 fully saturated rings. The Morgan fingerprint density at radius 1 is 1.11 bits per heavy atom. The van der Waals surface area contributed by atoms with E-state index in [1.54, 1.807) is 24.3 Å². The van der Waals surface area contributed by atoms with Crippen LogP contribution in [0.1, 0.15) is 27.9 Å². The molecule has 1 heterocycles. The smallest absolute Gasteiger partial charge is 0.193 e. The van der Waals surface area contributed by atoms with Gasteiger partial charge in [-0.15, -0.1) is 0 Å². The summed E-state index contributed by atoms with van der Waals surface area (Å²) in [5.74, 6) is 0.893. The van der Waals surface area contributed by atoms with Crippen LogP contribution in [-0.4, -0.2) is 12.4 Å². The molecule has 0 aliphatic carbocycles. The molecular weight excluding hydrogens is 260 g/mol. The minimum Gasteiger partial charge on any atom is -0.493 e. The molecule has 0 bridgehead atoms. The minimum absolute atomic E-state index is 0.00382. The topological polar surface area (TPSA) is 26.3 Å². The van der Waals surface area contributed by atoms with E-state index in [1.165, 1.54) is 0 Å². The molecule has 1 aliphatic rings. The highest BCUT2D eigenvalue weighted by atomic mass is 35.5. The first kappa shape index (κ1) is 12.2. The molecule has 0 N–H and O–H groups in total. The summed E-state index contributed by atoms with van der Waals surface area (Å²) >= 11 is 5.92. The summed E-state index contributed by atoms with van der Waals surface area (Å²) in [7, 11) is 0. The van der Waals surface area contributed by atoms with Crippen molar-refractivity contribution in [3.8, 4) is 5.75 Å². The predicted octanol–water partition coefficient (Wildman–Crippen LogP) is 3.90. The van der Waals surface area contributed by atoms with Gasteiger partial charge >= 0.3 is 0 Å². The first-order valence-electron chi connectivity index (χ1n) is 6.30. The molecule has 0 saturated carbocycles. The number of carbonyl (C=O) groups is 1. The van der Waals surface area contributed by atoms with E-state index < -0.39 is 0 Å². The van der Waals surface area contributed by atoms with Crippen LogP contribution in [0.2, 0.25) is 5.02 Å². The fourth-order valence-electron chi connectivity index (χ4n) is 2.30. The Bertz CT molecular complexity index is 634. The molecule has 0 spiro atoms. The van der Waals surface area contributed by atoms with Crippen molar-refractivity contribution in [3.63, 3.8) is 0 Å². The van der Waals surface area contributed by atoms with E-state index in [0.29, 0.717) is 16.1 Å². The summed E-state index contributed by atoms with van der Waals surface area (Å²) in [5, 5.41) is 0.576. The standard InChI is InChI=1S/C16H13ClO2/c17-14-5-1-3-12(10-14)16(18)13-6-7-15-11(9-13)4-2-8-19-15/h1,3,5-7,9-10H,2,4,8H2. The lowest BCUT2D eigenvalue weighted by Crippen LogP contribution is -2.10. The molecule has 96 valence electrons. The summed E-state index contributed by atoms with van der Waals surface area (Å²) in [6, 6.07) is 12.7. The van der Waals surface area contributed by atoms with Gasteiger partial charge in [-0.1, -0.05) is 23.7 Å². The van der Waals surface area contributed by atoms with E-state index in [9.17, 15) is 4.79 Å². The third-order valence-electron chi connectivity index (χ3n) is 3.26. The molecule has 0 atom stereocenters. The van der Waals surface area contributed by atoms with Crippen molar-refractivity contribution in [2.75, 3.05) is 6.61 Å². The van der Waals surface area contributed by atoms with Crippen molar-refractivity contribution >= 4 is 17.4 Å². The molecule has 2 nitrogen and oxygen atoms in total. The molecule has 0 unspecified atom stereocenters. The number of benzene rings is 2. The average Bonchev–Trinajstić information content (AvgIpc) is 2.46. The molecule has 0 amide bonds. The highest BCUT2D eigenvalue weighted by Gasteiger charge is 2.15. The number of ketones is 1. The number of rotatable bonds is 2. The fourth-order valence-corrected chi connectivity index (χ4v) is 2.49. The van der Waals surface area contributed by atoms with E-state index in [4.69, 9.17) is 16.3 Å². The quantitative estimate of drug-likeness (QED) is 0.775. The van der Waals surface area contributed by atoms with E-state index in [-0.39, 0.29) is 5.78 Å². The van der Waals surface area contributed by atoms with Crippen molar-refractivity contribution in [2.24, 2.45) is 0 Å². The van der Waals surface area contributed by atoms with Crippen LogP contribution in [0, 0.1) is 0 Å². The average molecular weight is 273 g/mol. The van der Waals surface area contributed by atoms with E-state index >= 15 is 0 Å². The highest BCUT2D eigenvalue weighted by molar-refractivity contribution is 6.31. The van der Waals surface area contributed by atoms with Gasteiger partial charge in [-0.25, -0.2) is 0 Å². The SMILES string of the molecule is O=C(c1cccc(Cl)c1)c1ccc2c(c1)CCCO2. The van der Waals surface area contributed by atoms with Gasteiger partial charge in [0, 0.05) is 16.1 Å². The molecule has 19 heavy (non-hydrogen) atoms. The lowest BCUT2D eigenvalue weighted by atomic mass is 9.98. The maximum Gasteiger partial charge on any atom is 0.193 e. The van der Waals surface area contributed by atoms with Crippen molar-refractivity contribution in [1.29, 1.82) is 0 Å². The van der Waals surface area contributed by atoms with Crippen LogP contribution in [0.25, 0.3) is 0 Å². The minimum atomic E-state index is -0.00382. The third-order valence-corrected chi connectivity index (χ3v) is 3.49. The Balaban J connectivity index is 1.96. The largest absolute Gasteiger partial charge is 0.493 e. The lowest BCUT2D eigenvalue weighted by molar-refractivity contribution is 0.103. The summed E-state index contributed by atoms with van der Waals surface area (Å²) in [4.78, 5) is 12.4. The summed E-state index contributed by atoms with van der Waals surface area (Å²) < 4.78 is 5.55. The number of fused-ring (bicyclic) bond motifs is 1. The number of hydrogen-bond acceptors (Lipinski definition) is 2. The van der Waals surface area contributed by atoms with Gasteiger partial charge < -0.3 is 4.74 Å².